The molecule has 0 aliphatic carbocycles. The lowest BCUT2D eigenvalue weighted by atomic mass is 10.2. The van der Waals surface area contributed by atoms with Crippen molar-refractivity contribution in [2.45, 2.75) is 0 Å². The molecule has 2 aromatic heterocycles. The van der Waals surface area contributed by atoms with Crippen LogP contribution in [0.25, 0.3) is 17.1 Å². The lowest BCUT2D eigenvalue weighted by Crippen LogP contribution is -2.34. The van der Waals surface area contributed by atoms with Crippen molar-refractivity contribution < 1.29 is 4.68 Å². The van der Waals surface area contributed by atoms with E-state index >= 15 is 0 Å². The van der Waals surface area contributed by atoms with Crippen molar-refractivity contribution in [3.05, 3.63) is 60.9 Å². The standard InChI is InChI=1S/C14H12N4/c1-17-13(12-7-3-2-4-8-12)11-18(16-17)14-9-5-6-10-15-14/h2-10H,1H3. The number of hydrogen-bond donors (Lipinski definition) is 0. The third-order valence-electron chi connectivity index (χ3n) is 2.67. The molecule has 0 bridgehead atoms. The van der Waals surface area contributed by atoms with E-state index in [0.717, 1.165) is 17.1 Å². The molecule has 4 nitrogen and oxygen atoms in total. The summed E-state index contributed by atoms with van der Waals surface area (Å²) in [6, 6.07) is 15.8. The summed E-state index contributed by atoms with van der Waals surface area (Å²) in [4.78, 5) is 4.25. The largest absolute Gasteiger partial charge is 0.216 e. The number of aryl methyl sites for hydroxylation is 1. The molecule has 0 atom stereocenters. The van der Waals surface area contributed by atoms with Gasteiger partial charge in [0.25, 0.3) is 0 Å². The predicted octanol–water partition coefficient (Wildman–Crippen LogP) is 1.56. The molecule has 4 heteroatoms. The molecule has 88 valence electrons. The Labute approximate surface area is 105 Å². The van der Waals surface area contributed by atoms with Crippen molar-refractivity contribution in [1.82, 2.24) is 14.9 Å². The summed E-state index contributed by atoms with van der Waals surface area (Å²) in [5, 5.41) is 4.37. The summed E-state index contributed by atoms with van der Waals surface area (Å²) in [5.41, 5.74) is 2.02. The van der Waals surface area contributed by atoms with Gasteiger partial charge in [-0.25, -0.2) is 4.68 Å². The second-order valence-electron chi connectivity index (χ2n) is 3.94. The molecule has 3 aromatic rings. The highest BCUT2D eigenvalue weighted by atomic mass is 15.5. The number of rotatable bonds is 2. The number of pyridine rings is 1. The van der Waals surface area contributed by atoms with Gasteiger partial charge < -0.3 is 0 Å². The molecule has 3 rings (SSSR count). The Hall–Kier alpha value is -2.49. The third kappa shape index (κ3) is 1.88. The highest BCUT2D eigenvalue weighted by Gasteiger charge is 2.06. The van der Waals surface area contributed by atoms with Gasteiger partial charge in [-0.2, -0.15) is 9.67 Å². The Kier molecular flexibility index (Phi) is 2.61. The fraction of sp³-hybridized carbons (Fsp3) is 0.0714. The van der Waals surface area contributed by atoms with Gasteiger partial charge in [0.1, 0.15) is 0 Å². The molecule has 0 aliphatic rings. The van der Waals surface area contributed by atoms with E-state index in [4.69, 9.17) is 0 Å². The van der Waals surface area contributed by atoms with E-state index in [2.05, 4.69) is 16.4 Å². The van der Waals surface area contributed by atoms with Gasteiger partial charge >= 0.3 is 0 Å². The maximum Gasteiger partial charge on any atom is 0.188 e. The van der Waals surface area contributed by atoms with Gasteiger partial charge in [-0.15, -0.1) is 12.1 Å². The van der Waals surface area contributed by atoms with Crippen LogP contribution in [0.2, 0.25) is 0 Å². The summed E-state index contributed by atoms with van der Waals surface area (Å²) < 4.78 is 3.45. The van der Waals surface area contributed by atoms with Crippen LogP contribution in [0, 0.1) is 6.20 Å². The van der Waals surface area contributed by atoms with Crippen LogP contribution >= 0.6 is 0 Å². The quantitative estimate of drug-likeness (QED) is 0.500. The Morgan fingerprint density at radius 2 is 1.83 bits per heavy atom. The van der Waals surface area contributed by atoms with Crippen molar-refractivity contribution >= 4 is 0 Å². The molecular weight excluding hydrogens is 224 g/mol. The van der Waals surface area contributed by atoms with Crippen LogP contribution in [0.3, 0.4) is 0 Å². The van der Waals surface area contributed by atoms with E-state index in [1.165, 1.54) is 0 Å². The average Bonchev–Trinajstić information content (AvgIpc) is 2.83. The molecule has 0 amide bonds. The molecule has 0 saturated carbocycles. The highest BCUT2D eigenvalue weighted by Crippen LogP contribution is 2.15. The fourth-order valence-electron chi connectivity index (χ4n) is 1.80. The average molecular weight is 236 g/mol. The Balaban J connectivity index is 2.07. The molecule has 0 aliphatic heterocycles. The minimum absolute atomic E-state index is 0.760. The highest BCUT2D eigenvalue weighted by molar-refractivity contribution is 5.56. The van der Waals surface area contributed by atoms with Gasteiger partial charge in [-0.3, -0.25) is 0 Å². The Morgan fingerprint density at radius 1 is 1.06 bits per heavy atom. The first-order chi connectivity index (χ1) is 8.84. The molecule has 0 unspecified atom stereocenters. The molecule has 1 aromatic carbocycles. The zero-order valence-corrected chi connectivity index (χ0v) is 9.99. The van der Waals surface area contributed by atoms with Gasteiger partial charge in [-0.1, -0.05) is 29.8 Å². The summed E-state index contributed by atoms with van der Waals surface area (Å²) in [6.07, 6.45) is 4.96. The predicted molar refractivity (Wildman–Crippen MR) is 66.8 cm³/mol. The van der Waals surface area contributed by atoms with Crippen LogP contribution in [-0.2, 0) is 7.05 Å². The molecular formula is C14H12N4. The molecule has 0 spiro atoms. The zero-order chi connectivity index (χ0) is 12.4. The van der Waals surface area contributed by atoms with Crippen molar-refractivity contribution in [1.29, 1.82) is 0 Å². The van der Waals surface area contributed by atoms with E-state index in [1.54, 1.807) is 15.6 Å². The van der Waals surface area contributed by atoms with Crippen LogP contribution in [0.15, 0.2) is 54.7 Å². The normalized spacial score (nSPS) is 10.5. The minimum atomic E-state index is 0.760. The number of benzene rings is 1. The lowest BCUT2D eigenvalue weighted by Gasteiger charge is -2.01. The fourth-order valence-corrected chi connectivity index (χ4v) is 1.80. The van der Waals surface area contributed by atoms with E-state index in [9.17, 15) is 0 Å². The van der Waals surface area contributed by atoms with Gasteiger partial charge in [-0.05, 0) is 12.1 Å². The van der Waals surface area contributed by atoms with Crippen LogP contribution in [-0.4, -0.2) is 14.9 Å². The first-order valence-corrected chi connectivity index (χ1v) is 5.70. The van der Waals surface area contributed by atoms with Gasteiger partial charge in [0, 0.05) is 11.4 Å². The number of aromatic nitrogens is 4. The van der Waals surface area contributed by atoms with E-state index in [1.807, 2.05) is 55.6 Å². The summed E-state index contributed by atoms with van der Waals surface area (Å²) in [5.74, 6) is 0.760. The SMILES string of the molecule is Cn1n[n+](-c2ccccn2)[c-]c1-c1ccccc1. The van der Waals surface area contributed by atoms with Gasteiger partial charge in [0.15, 0.2) is 5.82 Å². The summed E-state index contributed by atoms with van der Waals surface area (Å²) >= 11 is 0. The van der Waals surface area contributed by atoms with Crippen molar-refractivity contribution in [2.75, 3.05) is 0 Å². The number of hydrogen-bond acceptors (Lipinski definition) is 2. The summed E-state index contributed by atoms with van der Waals surface area (Å²) in [7, 11) is 1.90. The van der Waals surface area contributed by atoms with Crippen LogP contribution in [0.4, 0.5) is 0 Å². The Bertz CT molecular complexity index is 644. The lowest BCUT2D eigenvalue weighted by molar-refractivity contribution is -0.668. The molecule has 18 heavy (non-hydrogen) atoms. The molecule has 0 radical (unpaired) electrons. The maximum atomic E-state index is 4.37. The smallest absolute Gasteiger partial charge is 0.188 e. The zero-order valence-electron chi connectivity index (χ0n) is 9.99. The second kappa shape index (κ2) is 4.41. The maximum absolute atomic E-state index is 4.37. The molecule has 0 saturated heterocycles. The van der Waals surface area contributed by atoms with Crippen LogP contribution in [0.1, 0.15) is 0 Å². The van der Waals surface area contributed by atoms with E-state index in [0.29, 0.717) is 0 Å². The molecule has 0 fully saturated rings. The van der Waals surface area contributed by atoms with Crippen molar-refractivity contribution in [3.8, 4) is 17.1 Å². The van der Waals surface area contributed by atoms with E-state index < -0.39 is 0 Å². The van der Waals surface area contributed by atoms with Crippen LogP contribution in [0.5, 0.6) is 0 Å². The van der Waals surface area contributed by atoms with Crippen LogP contribution < -0.4 is 4.68 Å². The minimum Gasteiger partial charge on any atom is -0.216 e. The monoisotopic (exact) mass is 236 g/mol. The van der Waals surface area contributed by atoms with Crippen molar-refractivity contribution in [3.63, 3.8) is 0 Å². The summed E-state index contributed by atoms with van der Waals surface area (Å²) in [6.45, 7) is 0. The topological polar surface area (TPSA) is 34.6 Å². The molecule has 2 heterocycles. The molecule has 0 N–H and O–H groups in total. The second-order valence-corrected chi connectivity index (χ2v) is 3.94. The van der Waals surface area contributed by atoms with Gasteiger partial charge in [0.2, 0.25) is 0 Å². The van der Waals surface area contributed by atoms with Gasteiger partial charge in [0.05, 0.1) is 18.9 Å². The van der Waals surface area contributed by atoms with Crippen molar-refractivity contribution in [2.24, 2.45) is 7.05 Å². The van der Waals surface area contributed by atoms with E-state index in [-0.39, 0.29) is 0 Å². The first-order valence-electron chi connectivity index (χ1n) is 5.70. The third-order valence-corrected chi connectivity index (χ3v) is 2.67. The number of nitrogens with zero attached hydrogens (tertiary/aromatic N) is 4. The Morgan fingerprint density at radius 3 is 2.56 bits per heavy atom. The first kappa shape index (κ1) is 10.7.